The summed E-state index contributed by atoms with van der Waals surface area (Å²) in [6.45, 7) is 2.29. The van der Waals surface area contributed by atoms with Gasteiger partial charge in [-0.15, -0.1) is 0 Å². The second kappa shape index (κ2) is 7.44. The molecule has 1 heterocycles. The minimum Gasteiger partial charge on any atom is -0.364 e. The molecule has 2 aromatic carbocycles. The second-order valence-corrected chi connectivity index (χ2v) is 6.28. The Balaban J connectivity index is 1.82. The number of piperidine rings is 1. The van der Waals surface area contributed by atoms with Gasteiger partial charge < -0.3 is 10.2 Å². The molecule has 25 heavy (non-hydrogen) atoms. The van der Waals surface area contributed by atoms with Gasteiger partial charge in [-0.25, -0.2) is 4.39 Å². The van der Waals surface area contributed by atoms with Crippen LogP contribution in [-0.2, 0) is 12.7 Å². The molecule has 1 aliphatic rings. The van der Waals surface area contributed by atoms with E-state index < -0.39 is 11.7 Å². The molecule has 3 rings (SSSR count). The first kappa shape index (κ1) is 17.7. The predicted octanol–water partition coefficient (Wildman–Crippen LogP) is 4.60. The maximum Gasteiger partial charge on any atom is 0.416 e. The van der Waals surface area contributed by atoms with E-state index in [9.17, 15) is 17.6 Å². The van der Waals surface area contributed by atoms with Crippen LogP contribution in [0.15, 0.2) is 48.5 Å². The summed E-state index contributed by atoms with van der Waals surface area (Å²) in [5.41, 5.74) is 1.04. The van der Waals surface area contributed by atoms with E-state index in [1.54, 1.807) is 12.1 Å². The number of hydrogen-bond acceptors (Lipinski definition) is 2. The van der Waals surface area contributed by atoms with E-state index in [0.717, 1.165) is 49.3 Å². The molecule has 0 saturated carbocycles. The van der Waals surface area contributed by atoms with Crippen molar-refractivity contribution in [1.29, 1.82) is 0 Å². The molecule has 0 aliphatic carbocycles. The molecule has 1 N–H and O–H groups in total. The van der Waals surface area contributed by atoms with Crippen LogP contribution in [-0.4, -0.2) is 19.1 Å². The standard InChI is InChI=1S/C19H20F4N2/c20-16-5-7-17(8-6-16)25(18-9-11-24-12-10-18)13-14-1-3-15(4-2-14)19(21,22)23/h1-8,18,24H,9-13H2. The van der Waals surface area contributed by atoms with Crippen LogP contribution in [0, 0.1) is 5.82 Å². The third-order valence-electron chi connectivity index (χ3n) is 4.54. The molecule has 1 aliphatic heterocycles. The molecule has 1 saturated heterocycles. The van der Waals surface area contributed by atoms with Gasteiger partial charge in [-0.1, -0.05) is 12.1 Å². The Kier molecular flexibility index (Phi) is 5.27. The fourth-order valence-corrected chi connectivity index (χ4v) is 3.18. The van der Waals surface area contributed by atoms with Gasteiger partial charge in [-0.05, 0) is 67.9 Å². The summed E-state index contributed by atoms with van der Waals surface area (Å²) in [5.74, 6) is -0.302. The molecule has 134 valence electrons. The van der Waals surface area contributed by atoms with Crippen molar-refractivity contribution in [2.24, 2.45) is 0 Å². The Labute approximate surface area is 144 Å². The summed E-state index contributed by atoms with van der Waals surface area (Å²) in [6.07, 6.45) is -2.44. The summed E-state index contributed by atoms with van der Waals surface area (Å²) < 4.78 is 51.4. The fourth-order valence-electron chi connectivity index (χ4n) is 3.18. The van der Waals surface area contributed by atoms with Gasteiger partial charge in [0.2, 0.25) is 0 Å². The molecule has 0 bridgehead atoms. The Morgan fingerprint density at radius 2 is 1.52 bits per heavy atom. The minimum atomic E-state index is -4.33. The van der Waals surface area contributed by atoms with Crippen molar-refractivity contribution in [3.05, 3.63) is 65.5 Å². The summed E-state index contributed by atoms with van der Waals surface area (Å²) in [4.78, 5) is 2.16. The van der Waals surface area contributed by atoms with Gasteiger partial charge in [-0.3, -0.25) is 0 Å². The number of alkyl halides is 3. The topological polar surface area (TPSA) is 15.3 Å². The number of anilines is 1. The lowest BCUT2D eigenvalue weighted by Crippen LogP contribution is -2.43. The zero-order valence-corrected chi connectivity index (χ0v) is 13.7. The molecule has 0 radical (unpaired) electrons. The summed E-state index contributed by atoms with van der Waals surface area (Å²) >= 11 is 0. The average molecular weight is 352 g/mol. The van der Waals surface area contributed by atoms with Gasteiger partial charge in [0.25, 0.3) is 0 Å². The molecule has 0 unspecified atom stereocenters. The number of rotatable bonds is 4. The highest BCUT2D eigenvalue weighted by Crippen LogP contribution is 2.30. The first-order chi connectivity index (χ1) is 11.9. The van der Waals surface area contributed by atoms with Crippen molar-refractivity contribution < 1.29 is 17.6 Å². The lowest BCUT2D eigenvalue weighted by Gasteiger charge is -2.36. The van der Waals surface area contributed by atoms with E-state index in [0.29, 0.717) is 6.54 Å². The van der Waals surface area contributed by atoms with Crippen molar-refractivity contribution in [2.75, 3.05) is 18.0 Å². The van der Waals surface area contributed by atoms with Crippen LogP contribution < -0.4 is 10.2 Å². The zero-order chi connectivity index (χ0) is 17.9. The van der Waals surface area contributed by atoms with Crippen molar-refractivity contribution in [1.82, 2.24) is 5.32 Å². The lowest BCUT2D eigenvalue weighted by molar-refractivity contribution is -0.137. The third kappa shape index (κ3) is 4.51. The Morgan fingerprint density at radius 1 is 0.920 bits per heavy atom. The highest BCUT2D eigenvalue weighted by molar-refractivity contribution is 5.48. The quantitative estimate of drug-likeness (QED) is 0.809. The highest BCUT2D eigenvalue weighted by atomic mass is 19.4. The lowest BCUT2D eigenvalue weighted by atomic mass is 10.0. The Bertz CT molecular complexity index is 674. The molecule has 0 amide bonds. The van der Waals surface area contributed by atoms with Crippen molar-refractivity contribution in [3.63, 3.8) is 0 Å². The van der Waals surface area contributed by atoms with Gasteiger partial charge in [0.1, 0.15) is 5.82 Å². The van der Waals surface area contributed by atoms with Crippen LogP contribution >= 0.6 is 0 Å². The van der Waals surface area contributed by atoms with Gasteiger partial charge in [0.05, 0.1) is 5.56 Å². The van der Waals surface area contributed by atoms with E-state index in [1.807, 2.05) is 0 Å². The van der Waals surface area contributed by atoms with Gasteiger partial charge in [0, 0.05) is 18.3 Å². The van der Waals surface area contributed by atoms with E-state index in [4.69, 9.17) is 0 Å². The molecule has 0 aromatic heterocycles. The van der Waals surface area contributed by atoms with E-state index in [-0.39, 0.29) is 11.9 Å². The Morgan fingerprint density at radius 3 is 2.08 bits per heavy atom. The van der Waals surface area contributed by atoms with Crippen LogP contribution in [0.2, 0.25) is 0 Å². The van der Waals surface area contributed by atoms with Gasteiger partial charge in [-0.2, -0.15) is 13.2 Å². The molecular weight excluding hydrogens is 332 g/mol. The van der Waals surface area contributed by atoms with Crippen LogP contribution in [0.5, 0.6) is 0 Å². The zero-order valence-electron chi connectivity index (χ0n) is 13.7. The molecule has 2 nitrogen and oxygen atoms in total. The van der Waals surface area contributed by atoms with Crippen LogP contribution in [0.4, 0.5) is 23.2 Å². The predicted molar refractivity (Wildman–Crippen MR) is 89.9 cm³/mol. The van der Waals surface area contributed by atoms with Crippen LogP contribution in [0.3, 0.4) is 0 Å². The molecule has 6 heteroatoms. The molecule has 2 aromatic rings. The minimum absolute atomic E-state index is 0.272. The molecular formula is C19H20F4N2. The number of benzene rings is 2. The maximum atomic E-state index is 13.2. The summed E-state index contributed by atoms with van der Waals surface area (Å²) in [5, 5.41) is 3.31. The first-order valence-corrected chi connectivity index (χ1v) is 8.32. The largest absolute Gasteiger partial charge is 0.416 e. The maximum absolute atomic E-state index is 13.2. The van der Waals surface area contributed by atoms with Crippen molar-refractivity contribution in [3.8, 4) is 0 Å². The smallest absolute Gasteiger partial charge is 0.364 e. The monoisotopic (exact) mass is 352 g/mol. The highest BCUT2D eigenvalue weighted by Gasteiger charge is 2.30. The molecule has 0 spiro atoms. The molecule has 1 fully saturated rings. The Hall–Kier alpha value is -2.08. The summed E-state index contributed by atoms with van der Waals surface area (Å²) in [7, 11) is 0. The van der Waals surface area contributed by atoms with E-state index in [1.165, 1.54) is 24.3 Å². The number of nitrogens with one attached hydrogen (secondary N) is 1. The summed E-state index contributed by atoms with van der Waals surface area (Å²) in [6, 6.07) is 11.8. The first-order valence-electron chi connectivity index (χ1n) is 8.32. The number of nitrogens with zero attached hydrogens (tertiary/aromatic N) is 1. The third-order valence-corrected chi connectivity index (χ3v) is 4.54. The van der Waals surface area contributed by atoms with E-state index >= 15 is 0 Å². The van der Waals surface area contributed by atoms with Gasteiger partial charge >= 0.3 is 6.18 Å². The van der Waals surface area contributed by atoms with E-state index in [2.05, 4.69) is 10.2 Å². The van der Waals surface area contributed by atoms with Crippen LogP contribution in [0.1, 0.15) is 24.0 Å². The number of halogens is 4. The molecule has 0 atom stereocenters. The second-order valence-electron chi connectivity index (χ2n) is 6.28. The van der Waals surface area contributed by atoms with Gasteiger partial charge in [0.15, 0.2) is 0 Å². The van der Waals surface area contributed by atoms with Crippen LogP contribution in [0.25, 0.3) is 0 Å². The fraction of sp³-hybridized carbons (Fsp3) is 0.368. The normalized spacial score (nSPS) is 16.0. The van der Waals surface area contributed by atoms with Crippen molar-refractivity contribution in [2.45, 2.75) is 31.6 Å². The SMILES string of the molecule is Fc1ccc(N(Cc2ccc(C(F)(F)F)cc2)C2CCNCC2)cc1. The average Bonchev–Trinajstić information content (AvgIpc) is 2.61. The van der Waals surface area contributed by atoms with Crippen molar-refractivity contribution >= 4 is 5.69 Å². The number of hydrogen-bond donors (Lipinski definition) is 1.